The molecule has 0 fully saturated rings. The second-order valence-corrected chi connectivity index (χ2v) is 4.67. The van der Waals surface area contributed by atoms with E-state index >= 15 is 0 Å². The Balaban J connectivity index is 2.17. The molecule has 0 spiro atoms. The minimum atomic E-state index is -0.355. The van der Waals surface area contributed by atoms with Crippen molar-refractivity contribution in [1.82, 2.24) is 0 Å². The molecule has 0 bridgehead atoms. The first kappa shape index (κ1) is 12.2. The van der Waals surface area contributed by atoms with E-state index < -0.39 is 0 Å². The lowest BCUT2D eigenvalue weighted by atomic mass is 10.2. The van der Waals surface area contributed by atoms with E-state index in [1.807, 2.05) is 0 Å². The second-order valence-electron chi connectivity index (χ2n) is 3.82. The Labute approximate surface area is 109 Å². The van der Waals surface area contributed by atoms with Gasteiger partial charge in [-0.1, -0.05) is 12.2 Å². The summed E-state index contributed by atoms with van der Waals surface area (Å²) in [4.78, 5) is 11.4. The van der Waals surface area contributed by atoms with Crippen molar-refractivity contribution in [3.63, 3.8) is 0 Å². The highest BCUT2D eigenvalue weighted by atomic mass is 79.9. The van der Waals surface area contributed by atoms with Crippen molar-refractivity contribution in [3.05, 3.63) is 40.4 Å². The van der Waals surface area contributed by atoms with Crippen LogP contribution in [-0.2, 0) is 4.74 Å². The van der Waals surface area contributed by atoms with Gasteiger partial charge in [0.25, 0.3) is 0 Å². The first-order valence-corrected chi connectivity index (χ1v) is 6.19. The normalized spacial score (nSPS) is 14.9. The van der Waals surface area contributed by atoms with E-state index in [4.69, 9.17) is 4.74 Å². The van der Waals surface area contributed by atoms with Crippen LogP contribution in [0.2, 0.25) is 0 Å². The molecule has 3 nitrogen and oxygen atoms in total. The summed E-state index contributed by atoms with van der Waals surface area (Å²) in [5, 5.41) is 0. The van der Waals surface area contributed by atoms with Crippen LogP contribution in [0, 0.1) is 0 Å². The number of benzene rings is 1. The number of carbonyl (C=O) groups excluding carboxylic acids is 1. The average Bonchev–Trinajstić information content (AvgIpc) is 2.84. The average molecular weight is 297 g/mol. The highest BCUT2D eigenvalue weighted by molar-refractivity contribution is 9.10. The van der Waals surface area contributed by atoms with Gasteiger partial charge >= 0.3 is 5.97 Å². The number of halogens is 1. The Morgan fingerprint density at radius 3 is 2.71 bits per heavy atom. The molecule has 0 saturated carbocycles. The van der Waals surface area contributed by atoms with Gasteiger partial charge in [-0.15, -0.1) is 0 Å². The molecule has 4 heteroatoms. The van der Waals surface area contributed by atoms with E-state index in [1.165, 1.54) is 7.11 Å². The molecular weight excluding hydrogens is 284 g/mol. The quantitative estimate of drug-likeness (QED) is 0.634. The van der Waals surface area contributed by atoms with Crippen LogP contribution < -0.4 is 4.74 Å². The molecule has 0 unspecified atom stereocenters. The standard InChI is InChI=1S/C13H13BrO3/c1-16-13(15)9-6-7-11(14)12(8-9)17-10-4-2-3-5-10/h2-3,6-8,10H,4-5H2,1H3. The fourth-order valence-corrected chi connectivity index (χ4v) is 2.05. The number of hydrogen-bond acceptors (Lipinski definition) is 3. The molecule has 1 aliphatic carbocycles. The van der Waals surface area contributed by atoms with Crippen molar-refractivity contribution >= 4 is 21.9 Å². The Kier molecular flexibility index (Phi) is 3.84. The predicted molar refractivity (Wildman–Crippen MR) is 68.3 cm³/mol. The Morgan fingerprint density at radius 1 is 1.35 bits per heavy atom. The molecule has 17 heavy (non-hydrogen) atoms. The van der Waals surface area contributed by atoms with Gasteiger partial charge in [0.2, 0.25) is 0 Å². The van der Waals surface area contributed by atoms with Gasteiger partial charge in [-0.2, -0.15) is 0 Å². The molecule has 0 heterocycles. The van der Waals surface area contributed by atoms with Crippen LogP contribution in [0.4, 0.5) is 0 Å². The van der Waals surface area contributed by atoms with E-state index in [9.17, 15) is 4.79 Å². The highest BCUT2D eigenvalue weighted by Gasteiger charge is 2.15. The molecule has 1 aromatic rings. The third-order valence-corrected chi connectivity index (χ3v) is 3.27. The zero-order valence-corrected chi connectivity index (χ0v) is 11.1. The number of hydrogen-bond donors (Lipinski definition) is 0. The first-order valence-electron chi connectivity index (χ1n) is 5.40. The van der Waals surface area contributed by atoms with Gasteiger partial charge < -0.3 is 9.47 Å². The van der Waals surface area contributed by atoms with Gasteiger partial charge in [0.1, 0.15) is 11.9 Å². The van der Waals surface area contributed by atoms with Crippen LogP contribution >= 0.6 is 15.9 Å². The van der Waals surface area contributed by atoms with Crippen LogP contribution in [0.25, 0.3) is 0 Å². The maximum absolute atomic E-state index is 11.4. The van der Waals surface area contributed by atoms with Gasteiger partial charge in [0.15, 0.2) is 0 Å². The molecular formula is C13H13BrO3. The van der Waals surface area contributed by atoms with Gasteiger partial charge in [-0.3, -0.25) is 0 Å². The summed E-state index contributed by atoms with van der Waals surface area (Å²) in [6.45, 7) is 0. The molecule has 90 valence electrons. The lowest BCUT2D eigenvalue weighted by Crippen LogP contribution is -2.12. The molecule has 0 saturated heterocycles. The van der Waals surface area contributed by atoms with Crippen molar-refractivity contribution in [2.24, 2.45) is 0 Å². The number of ether oxygens (including phenoxy) is 2. The fraction of sp³-hybridized carbons (Fsp3) is 0.308. The lowest BCUT2D eigenvalue weighted by molar-refractivity contribution is 0.0600. The van der Waals surface area contributed by atoms with E-state index in [0.29, 0.717) is 11.3 Å². The zero-order chi connectivity index (χ0) is 12.3. The third kappa shape index (κ3) is 2.88. The zero-order valence-electron chi connectivity index (χ0n) is 9.48. The number of rotatable bonds is 3. The maximum Gasteiger partial charge on any atom is 0.337 e. The van der Waals surface area contributed by atoms with Crippen LogP contribution in [0.3, 0.4) is 0 Å². The molecule has 0 N–H and O–H groups in total. The van der Waals surface area contributed by atoms with E-state index in [1.54, 1.807) is 18.2 Å². The summed E-state index contributed by atoms with van der Waals surface area (Å²) in [6.07, 6.45) is 6.19. The summed E-state index contributed by atoms with van der Waals surface area (Å²) >= 11 is 3.41. The van der Waals surface area contributed by atoms with Crippen molar-refractivity contribution in [3.8, 4) is 5.75 Å². The van der Waals surface area contributed by atoms with Crippen LogP contribution in [0.15, 0.2) is 34.8 Å². The first-order chi connectivity index (χ1) is 8.20. The van der Waals surface area contributed by atoms with Crippen molar-refractivity contribution in [1.29, 1.82) is 0 Å². The van der Waals surface area contributed by atoms with Crippen molar-refractivity contribution < 1.29 is 14.3 Å². The molecule has 0 atom stereocenters. The fourth-order valence-electron chi connectivity index (χ4n) is 1.71. The molecule has 1 aliphatic rings. The minimum Gasteiger partial charge on any atom is -0.489 e. The van der Waals surface area contributed by atoms with E-state index in [0.717, 1.165) is 17.3 Å². The highest BCUT2D eigenvalue weighted by Crippen LogP contribution is 2.29. The smallest absolute Gasteiger partial charge is 0.337 e. The number of methoxy groups -OCH3 is 1. The Bertz CT molecular complexity index is 446. The summed E-state index contributed by atoms with van der Waals surface area (Å²) in [7, 11) is 1.37. The predicted octanol–water partition coefficient (Wildman–Crippen LogP) is 3.33. The number of esters is 1. The SMILES string of the molecule is COC(=O)c1ccc(Br)c(OC2CC=CC2)c1. The monoisotopic (exact) mass is 296 g/mol. The van der Waals surface area contributed by atoms with Crippen molar-refractivity contribution in [2.45, 2.75) is 18.9 Å². The Morgan fingerprint density at radius 2 is 2.06 bits per heavy atom. The minimum absolute atomic E-state index is 0.166. The second kappa shape index (κ2) is 5.36. The van der Waals surface area contributed by atoms with Gasteiger partial charge in [0.05, 0.1) is 17.1 Å². The van der Waals surface area contributed by atoms with Gasteiger partial charge in [-0.25, -0.2) is 4.79 Å². The summed E-state index contributed by atoms with van der Waals surface area (Å²) in [6, 6.07) is 5.20. The largest absolute Gasteiger partial charge is 0.489 e. The van der Waals surface area contributed by atoms with Crippen LogP contribution in [-0.4, -0.2) is 19.2 Å². The molecule has 2 rings (SSSR count). The third-order valence-electron chi connectivity index (χ3n) is 2.61. The number of carbonyl (C=O) groups is 1. The van der Waals surface area contributed by atoms with Crippen LogP contribution in [0.1, 0.15) is 23.2 Å². The topological polar surface area (TPSA) is 35.5 Å². The van der Waals surface area contributed by atoms with E-state index in [-0.39, 0.29) is 12.1 Å². The van der Waals surface area contributed by atoms with Crippen LogP contribution in [0.5, 0.6) is 5.75 Å². The summed E-state index contributed by atoms with van der Waals surface area (Å²) in [5.74, 6) is 0.327. The van der Waals surface area contributed by atoms with Gasteiger partial charge in [-0.05, 0) is 34.1 Å². The molecule has 0 amide bonds. The molecule has 0 aliphatic heterocycles. The van der Waals surface area contributed by atoms with E-state index in [2.05, 4.69) is 32.8 Å². The molecule has 0 aromatic heterocycles. The summed E-state index contributed by atoms with van der Waals surface area (Å²) < 4.78 is 11.3. The van der Waals surface area contributed by atoms with Crippen molar-refractivity contribution in [2.75, 3.05) is 7.11 Å². The Hall–Kier alpha value is -1.29. The summed E-state index contributed by atoms with van der Waals surface area (Å²) in [5.41, 5.74) is 0.497. The maximum atomic E-state index is 11.4. The lowest BCUT2D eigenvalue weighted by Gasteiger charge is -2.15. The molecule has 1 aromatic carbocycles. The molecule has 0 radical (unpaired) electrons. The van der Waals surface area contributed by atoms with Gasteiger partial charge in [0, 0.05) is 12.8 Å².